The maximum absolute atomic E-state index is 12.9. The zero-order valence-electron chi connectivity index (χ0n) is 11.1. The number of aromatic nitrogens is 2. The summed E-state index contributed by atoms with van der Waals surface area (Å²) < 4.78 is 18.1. The standard InChI is InChI=1S/C14H16FN3O2/c1-2-4-11-8-13(18-17-11)16-14(19)9-20-12-6-3-5-10(15)7-12/h3,5-8H,2,4,9H2,1H3,(H2,16,17,18,19). The van der Waals surface area contributed by atoms with Gasteiger partial charge in [0.05, 0.1) is 0 Å². The summed E-state index contributed by atoms with van der Waals surface area (Å²) in [7, 11) is 0. The number of H-pyrrole nitrogens is 1. The minimum Gasteiger partial charge on any atom is -0.484 e. The van der Waals surface area contributed by atoms with Crippen LogP contribution < -0.4 is 10.1 Å². The van der Waals surface area contributed by atoms with Crippen molar-refractivity contribution >= 4 is 11.7 Å². The third kappa shape index (κ3) is 4.08. The third-order valence-corrected chi connectivity index (χ3v) is 2.58. The molecule has 0 saturated heterocycles. The number of aryl methyl sites for hydroxylation is 1. The summed E-state index contributed by atoms with van der Waals surface area (Å²) in [6.07, 6.45) is 1.88. The molecule has 2 aromatic rings. The average molecular weight is 277 g/mol. The lowest BCUT2D eigenvalue weighted by atomic mass is 10.2. The van der Waals surface area contributed by atoms with Crippen molar-refractivity contribution in [1.29, 1.82) is 0 Å². The van der Waals surface area contributed by atoms with Gasteiger partial charge < -0.3 is 10.1 Å². The van der Waals surface area contributed by atoms with E-state index in [0.29, 0.717) is 11.6 Å². The highest BCUT2D eigenvalue weighted by atomic mass is 19.1. The molecule has 0 atom stereocenters. The van der Waals surface area contributed by atoms with E-state index in [1.54, 1.807) is 12.1 Å². The van der Waals surface area contributed by atoms with Crippen molar-refractivity contribution in [3.63, 3.8) is 0 Å². The number of nitrogens with one attached hydrogen (secondary N) is 2. The molecular weight excluding hydrogens is 261 g/mol. The third-order valence-electron chi connectivity index (χ3n) is 2.58. The number of carbonyl (C=O) groups is 1. The molecule has 1 heterocycles. The lowest BCUT2D eigenvalue weighted by molar-refractivity contribution is -0.118. The molecular formula is C14H16FN3O2. The molecule has 5 nitrogen and oxygen atoms in total. The SMILES string of the molecule is CCCc1cc(NC(=O)COc2cccc(F)c2)n[nH]1. The molecule has 2 N–H and O–H groups in total. The Balaban J connectivity index is 1.82. The molecule has 0 spiro atoms. The molecule has 0 unspecified atom stereocenters. The monoisotopic (exact) mass is 277 g/mol. The van der Waals surface area contributed by atoms with Gasteiger partial charge in [0.25, 0.3) is 5.91 Å². The normalized spacial score (nSPS) is 10.3. The number of hydrogen-bond acceptors (Lipinski definition) is 3. The summed E-state index contributed by atoms with van der Waals surface area (Å²) in [6.45, 7) is 1.87. The van der Waals surface area contributed by atoms with Gasteiger partial charge in [-0.3, -0.25) is 9.89 Å². The highest BCUT2D eigenvalue weighted by Crippen LogP contribution is 2.12. The highest BCUT2D eigenvalue weighted by molar-refractivity contribution is 5.90. The van der Waals surface area contributed by atoms with E-state index >= 15 is 0 Å². The number of hydrogen-bond donors (Lipinski definition) is 2. The first kappa shape index (κ1) is 14.0. The maximum Gasteiger partial charge on any atom is 0.263 e. The van der Waals surface area contributed by atoms with Gasteiger partial charge in [-0.15, -0.1) is 0 Å². The molecule has 1 aromatic heterocycles. The largest absolute Gasteiger partial charge is 0.484 e. The first-order valence-corrected chi connectivity index (χ1v) is 6.40. The van der Waals surface area contributed by atoms with Gasteiger partial charge in [0, 0.05) is 17.8 Å². The van der Waals surface area contributed by atoms with Gasteiger partial charge in [-0.25, -0.2) is 4.39 Å². The Morgan fingerprint density at radius 2 is 2.30 bits per heavy atom. The second-order valence-corrected chi connectivity index (χ2v) is 4.32. The number of ether oxygens (including phenoxy) is 1. The molecule has 6 heteroatoms. The quantitative estimate of drug-likeness (QED) is 0.852. The number of amides is 1. The van der Waals surface area contributed by atoms with Crippen molar-refractivity contribution in [2.75, 3.05) is 11.9 Å². The molecule has 0 fully saturated rings. The Bertz CT molecular complexity index is 583. The zero-order valence-corrected chi connectivity index (χ0v) is 11.1. The van der Waals surface area contributed by atoms with E-state index in [2.05, 4.69) is 22.4 Å². The molecule has 0 bridgehead atoms. The Hall–Kier alpha value is -2.37. The summed E-state index contributed by atoms with van der Waals surface area (Å²) >= 11 is 0. The van der Waals surface area contributed by atoms with Gasteiger partial charge >= 0.3 is 0 Å². The first-order valence-electron chi connectivity index (χ1n) is 6.40. The van der Waals surface area contributed by atoms with Crippen LogP contribution in [0.1, 0.15) is 19.0 Å². The fourth-order valence-corrected chi connectivity index (χ4v) is 1.71. The topological polar surface area (TPSA) is 67.0 Å². The van der Waals surface area contributed by atoms with E-state index in [9.17, 15) is 9.18 Å². The van der Waals surface area contributed by atoms with E-state index in [-0.39, 0.29) is 12.5 Å². The fraction of sp³-hybridized carbons (Fsp3) is 0.286. The molecule has 1 aromatic carbocycles. The van der Waals surface area contributed by atoms with Gasteiger partial charge in [-0.05, 0) is 18.6 Å². The van der Waals surface area contributed by atoms with Crippen LogP contribution in [0.3, 0.4) is 0 Å². The minimum absolute atomic E-state index is 0.195. The van der Waals surface area contributed by atoms with E-state index < -0.39 is 5.82 Å². The van der Waals surface area contributed by atoms with E-state index in [0.717, 1.165) is 18.5 Å². The van der Waals surface area contributed by atoms with E-state index in [4.69, 9.17) is 4.74 Å². The van der Waals surface area contributed by atoms with Gasteiger partial charge in [-0.2, -0.15) is 5.10 Å². The summed E-state index contributed by atoms with van der Waals surface area (Å²) in [6, 6.07) is 7.42. The molecule has 1 amide bonds. The summed E-state index contributed by atoms with van der Waals surface area (Å²) in [5, 5.41) is 9.42. The maximum atomic E-state index is 12.9. The van der Waals surface area contributed by atoms with Crippen LogP contribution in [-0.4, -0.2) is 22.7 Å². The second-order valence-electron chi connectivity index (χ2n) is 4.32. The van der Waals surface area contributed by atoms with Crippen LogP contribution >= 0.6 is 0 Å². The zero-order chi connectivity index (χ0) is 14.4. The van der Waals surface area contributed by atoms with Crippen molar-refractivity contribution in [3.05, 3.63) is 41.8 Å². The number of rotatable bonds is 6. The van der Waals surface area contributed by atoms with Crippen LogP contribution in [0.25, 0.3) is 0 Å². The predicted molar refractivity (Wildman–Crippen MR) is 73.1 cm³/mol. The number of carbonyl (C=O) groups excluding carboxylic acids is 1. The number of halogens is 1. The molecule has 20 heavy (non-hydrogen) atoms. The number of benzene rings is 1. The van der Waals surface area contributed by atoms with Crippen LogP contribution in [0.15, 0.2) is 30.3 Å². The van der Waals surface area contributed by atoms with Gasteiger partial charge in [-0.1, -0.05) is 19.4 Å². The molecule has 106 valence electrons. The average Bonchev–Trinajstić information content (AvgIpc) is 2.84. The van der Waals surface area contributed by atoms with Crippen LogP contribution in [0.4, 0.5) is 10.2 Å². The molecule has 0 radical (unpaired) electrons. The molecule has 0 aliphatic heterocycles. The molecule has 0 saturated carbocycles. The van der Waals surface area contributed by atoms with Gasteiger partial charge in [0.1, 0.15) is 11.6 Å². The van der Waals surface area contributed by atoms with E-state index in [1.807, 2.05) is 0 Å². The number of anilines is 1. The number of aromatic amines is 1. The second kappa shape index (κ2) is 6.70. The summed E-state index contributed by atoms with van der Waals surface area (Å²) in [5.74, 6) is 0.0263. The van der Waals surface area contributed by atoms with Crippen molar-refractivity contribution in [3.8, 4) is 5.75 Å². The fourth-order valence-electron chi connectivity index (χ4n) is 1.71. The lowest BCUT2D eigenvalue weighted by Crippen LogP contribution is -2.20. The minimum atomic E-state index is -0.403. The van der Waals surface area contributed by atoms with Crippen LogP contribution in [0.2, 0.25) is 0 Å². The Labute approximate surface area is 116 Å². The molecule has 0 aliphatic carbocycles. The van der Waals surface area contributed by atoms with Crippen molar-refractivity contribution in [2.24, 2.45) is 0 Å². The van der Waals surface area contributed by atoms with Crippen molar-refractivity contribution < 1.29 is 13.9 Å². The Morgan fingerprint density at radius 1 is 1.45 bits per heavy atom. The smallest absolute Gasteiger partial charge is 0.263 e. The van der Waals surface area contributed by atoms with Gasteiger partial charge in [0.15, 0.2) is 12.4 Å². The summed E-state index contributed by atoms with van der Waals surface area (Å²) in [4.78, 5) is 11.7. The first-order chi connectivity index (χ1) is 9.67. The number of nitrogens with zero attached hydrogens (tertiary/aromatic N) is 1. The van der Waals surface area contributed by atoms with E-state index in [1.165, 1.54) is 18.2 Å². The van der Waals surface area contributed by atoms with Crippen molar-refractivity contribution in [1.82, 2.24) is 10.2 Å². The van der Waals surface area contributed by atoms with Crippen LogP contribution in [-0.2, 0) is 11.2 Å². The Morgan fingerprint density at radius 3 is 3.05 bits per heavy atom. The van der Waals surface area contributed by atoms with Crippen LogP contribution in [0, 0.1) is 5.82 Å². The summed E-state index contributed by atoms with van der Waals surface area (Å²) in [5.41, 5.74) is 0.967. The molecule has 2 rings (SSSR count). The Kier molecular flexibility index (Phi) is 4.70. The predicted octanol–water partition coefficient (Wildman–Crippen LogP) is 2.52. The van der Waals surface area contributed by atoms with Crippen molar-refractivity contribution in [2.45, 2.75) is 19.8 Å². The highest BCUT2D eigenvalue weighted by Gasteiger charge is 2.07. The lowest BCUT2D eigenvalue weighted by Gasteiger charge is -2.05. The van der Waals surface area contributed by atoms with Crippen LogP contribution in [0.5, 0.6) is 5.75 Å². The van der Waals surface area contributed by atoms with Gasteiger partial charge in [0.2, 0.25) is 0 Å². The molecule has 0 aliphatic rings.